The fourth-order valence-corrected chi connectivity index (χ4v) is 3.12. The molecule has 2 aromatic carbocycles. The topological polar surface area (TPSA) is 76.0 Å². The van der Waals surface area contributed by atoms with Crippen LogP contribution in [-0.2, 0) is 22.8 Å². The molecule has 0 aliphatic heterocycles. The fraction of sp³-hybridized carbons (Fsp3) is 0.250. The quantitative estimate of drug-likeness (QED) is 0.612. The third-order valence-corrected chi connectivity index (χ3v) is 4.46. The van der Waals surface area contributed by atoms with E-state index >= 15 is 0 Å². The average molecular weight is 422 g/mol. The fourth-order valence-electron chi connectivity index (χ4n) is 3.12. The maximum absolute atomic E-state index is 13.1. The van der Waals surface area contributed by atoms with Gasteiger partial charge in [0.25, 0.3) is 0 Å². The summed E-state index contributed by atoms with van der Waals surface area (Å²) in [4.78, 5) is 27.5. The van der Waals surface area contributed by atoms with Crippen LogP contribution in [0, 0.1) is 5.82 Å². The predicted molar refractivity (Wildman–Crippen MR) is 102 cm³/mol. The number of anilines is 1. The summed E-state index contributed by atoms with van der Waals surface area (Å²) in [5, 5.41) is 5.22. The van der Waals surface area contributed by atoms with Crippen LogP contribution in [0.3, 0.4) is 0 Å². The lowest BCUT2D eigenvalue weighted by atomic mass is 10.0. The number of nitrogens with zero attached hydrogens (tertiary/aromatic N) is 2. The van der Waals surface area contributed by atoms with Crippen molar-refractivity contribution >= 4 is 28.5 Å². The van der Waals surface area contributed by atoms with Gasteiger partial charge >= 0.3 is 6.18 Å². The first kappa shape index (κ1) is 21.3. The molecule has 6 nitrogen and oxygen atoms in total. The summed E-state index contributed by atoms with van der Waals surface area (Å²) in [5.74, 6) is -2.34. The van der Waals surface area contributed by atoms with E-state index in [9.17, 15) is 27.2 Å². The van der Waals surface area contributed by atoms with E-state index < -0.39 is 29.8 Å². The lowest BCUT2D eigenvalue weighted by molar-refractivity contribution is -0.146. The number of aromatic nitrogens is 2. The summed E-state index contributed by atoms with van der Waals surface area (Å²) in [6, 6.07) is 8.90. The number of imidazole rings is 1. The van der Waals surface area contributed by atoms with Gasteiger partial charge in [-0.15, -0.1) is 0 Å². The number of rotatable bonds is 5. The van der Waals surface area contributed by atoms with Crippen LogP contribution in [0.2, 0.25) is 0 Å². The lowest BCUT2D eigenvalue weighted by Crippen LogP contribution is -2.29. The number of benzene rings is 2. The van der Waals surface area contributed by atoms with E-state index in [1.54, 1.807) is 0 Å². The van der Waals surface area contributed by atoms with Crippen LogP contribution in [0.15, 0.2) is 42.5 Å². The van der Waals surface area contributed by atoms with Gasteiger partial charge in [0.2, 0.25) is 17.6 Å². The van der Waals surface area contributed by atoms with E-state index in [-0.39, 0.29) is 29.0 Å². The first-order valence-electron chi connectivity index (χ1n) is 8.90. The van der Waals surface area contributed by atoms with Crippen LogP contribution in [0.4, 0.5) is 23.2 Å². The van der Waals surface area contributed by atoms with Crippen molar-refractivity contribution in [3.63, 3.8) is 0 Å². The molecule has 0 saturated heterocycles. The number of alkyl halides is 3. The van der Waals surface area contributed by atoms with Gasteiger partial charge < -0.3 is 15.2 Å². The van der Waals surface area contributed by atoms with Crippen molar-refractivity contribution in [2.24, 2.45) is 7.05 Å². The number of carbonyl (C=O) groups excluding carboxylic acids is 2. The minimum atomic E-state index is -4.60. The molecule has 0 fully saturated rings. The van der Waals surface area contributed by atoms with Crippen molar-refractivity contribution in [1.82, 2.24) is 14.9 Å². The average Bonchev–Trinajstić information content (AvgIpc) is 2.98. The summed E-state index contributed by atoms with van der Waals surface area (Å²) in [6.45, 7) is 1.29. The molecule has 2 N–H and O–H groups in total. The van der Waals surface area contributed by atoms with Gasteiger partial charge in [-0.05, 0) is 35.9 Å². The highest BCUT2D eigenvalue weighted by molar-refractivity contribution is 5.93. The monoisotopic (exact) mass is 422 g/mol. The number of carbonyl (C=O) groups is 2. The summed E-state index contributed by atoms with van der Waals surface area (Å²) in [6.07, 6.45) is -4.75. The molecule has 1 atom stereocenters. The second-order valence-corrected chi connectivity index (χ2v) is 6.75. The Balaban J connectivity index is 1.79. The molecule has 1 aromatic heterocycles. The van der Waals surface area contributed by atoms with Gasteiger partial charge in [0.15, 0.2) is 0 Å². The molecule has 10 heteroatoms. The number of amides is 2. The molecule has 3 aromatic rings. The van der Waals surface area contributed by atoms with Crippen molar-refractivity contribution in [3.8, 4) is 0 Å². The minimum absolute atomic E-state index is 0.0829. The van der Waals surface area contributed by atoms with E-state index in [1.165, 1.54) is 56.4 Å². The molecular formula is C20H18F4N4O2. The standard InChI is InChI=1S/C20H18F4N4O2/c1-11(29)25-15(12-3-5-13(21)6-4-12)10-18(30)26-14-7-8-17-16(9-14)27-19(28(17)2)20(22,23)24/h3-9,15H,10H2,1-2H3,(H,25,29)(H,26,30)/t15-/m0/s1. The van der Waals surface area contributed by atoms with E-state index in [0.29, 0.717) is 5.56 Å². The molecule has 3 rings (SSSR count). The van der Waals surface area contributed by atoms with E-state index in [4.69, 9.17) is 0 Å². The maximum atomic E-state index is 13.1. The minimum Gasteiger partial charge on any atom is -0.349 e. The normalized spacial score (nSPS) is 12.6. The van der Waals surface area contributed by atoms with Crippen molar-refractivity contribution < 1.29 is 27.2 Å². The van der Waals surface area contributed by atoms with Crippen molar-refractivity contribution in [1.29, 1.82) is 0 Å². The highest BCUT2D eigenvalue weighted by Gasteiger charge is 2.36. The van der Waals surface area contributed by atoms with Crippen LogP contribution in [0.25, 0.3) is 11.0 Å². The van der Waals surface area contributed by atoms with E-state index in [1.807, 2.05) is 0 Å². The largest absolute Gasteiger partial charge is 0.449 e. The lowest BCUT2D eigenvalue weighted by Gasteiger charge is -2.18. The number of aryl methyl sites for hydroxylation is 1. The maximum Gasteiger partial charge on any atom is 0.449 e. The predicted octanol–water partition coefficient (Wildman–Crippen LogP) is 3.94. The SMILES string of the molecule is CC(=O)N[C@@H](CC(=O)Nc1ccc2c(c1)nc(C(F)(F)F)n2C)c1ccc(F)cc1. The van der Waals surface area contributed by atoms with Gasteiger partial charge in [-0.25, -0.2) is 9.37 Å². The Kier molecular flexibility index (Phi) is 5.77. The molecule has 0 aliphatic rings. The van der Waals surface area contributed by atoms with Crippen LogP contribution < -0.4 is 10.6 Å². The molecule has 0 saturated carbocycles. The molecule has 30 heavy (non-hydrogen) atoms. The number of halogens is 4. The summed E-state index contributed by atoms with van der Waals surface area (Å²) in [5.41, 5.74) is 1.15. The molecule has 0 aliphatic carbocycles. The Morgan fingerprint density at radius 1 is 1.13 bits per heavy atom. The molecular weight excluding hydrogens is 404 g/mol. The first-order chi connectivity index (χ1) is 14.0. The van der Waals surface area contributed by atoms with Crippen LogP contribution in [0.5, 0.6) is 0 Å². The Bertz CT molecular complexity index is 1090. The molecule has 2 amide bonds. The van der Waals surface area contributed by atoms with Crippen LogP contribution in [-0.4, -0.2) is 21.4 Å². The van der Waals surface area contributed by atoms with Gasteiger partial charge in [-0.2, -0.15) is 13.2 Å². The van der Waals surface area contributed by atoms with Gasteiger partial charge in [0.05, 0.1) is 23.5 Å². The number of hydrogen-bond donors (Lipinski definition) is 2. The third kappa shape index (κ3) is 4.76. The smallest absolute Gasteiger partial charge is 0.349 e. The Morgan fingerprint density at radius 3 is 2.40 bits per heavy atom. The van der Waals surface area contributed by atoms with Gasteiger partial charge in [0.1, 0.15) is 5.82 Å². The van der Waals surface area contributed by atoms with Gasteiger partial charge in [-0.1, -0.05) is 12.1 Å². The van der Waals surface area contributed by atoms with Gasteiger partial charge in [-0.3, -0.25) is 9.59 Å². The second-order valence-electron chi connectivity index (χ2n) is 6.75. The summed E-state index contributed by atoms with van der Waals surface area (Å²) in [7, 11) is 1.26. The molecule has 158 valence electrons. The number of nitrogens with one attached hydrogen (secondary N) is 2. The zero-order valence-corrected chi connectivity index (χ0v) is 16.0. The Labute approximate surface area is 168 Å². The highest BCUT2D eigenvalue weighted by Crippen LogP contribution is 2.31. The Morgan fingerprint density at radius 2 is 1.80 bits per heavy atom. The number of hydrogen-bond acceptors (Lipinski definition) is 3. The zero-order valence-electron chi connectivity index (χ0n) is 16.0. The van der Waals surface area contributed by atoms with Crippen molar-refractivity contribution in [2.45, 2.75) is 25.6 Å². The second kappa shape index (κ2) is 8.13. The molecule has 0 unspecified atom stereocenters. The molecule has 0 bridgehead atoms. The molecule has 0 spiro atoms. The van der Waals surface area contributed by atoms with E-state index in [0.717, 1.165) is 4.57 Å². The summed E-state index contributed by atoms with van der Waals surface area (Å²) < 4.78 is 53.1. The summed E-state index contributed by atoms with van der Waals surface area (Å²) >= 11 is 0. The first-order valence-corrected chi connectivity index (χ1v) is 8.90. The third-order valence-electron chi connectivity index (χ3n) is 4.46. The van der Waals surface area contributed by atoms with Crippen molar-refractivity contribution in [3.05, 3.63) is 59.7 Å². The van der Waals surface area contributed by atoms with E-state index in [2.05, 4.69) is 15.6 Å². The van der Waals surface area contributed by atoms with Gasteiger partial charge in [0, 0.05) is 19.7 Å². The Hall–Kier alpha value is -3.43. The molecule has 1 heterocycles. The van der Waals surface area contributed by atoms with Crippen LogP contribution in [0.1, 0.15) is 30.8 Å². The van der Waals surface area contributed by atoms with Crippen molar-refractivity contribution in [2.75, 3.05) is 5.32 Å². The highest BCUT2D eigenvalue weighted by atomic mass is 19.4. The number of fused-ring (bicyclic) bond motifs is 1. The van der Waals surface area contributed by atoms with Crippen LogP contribution >= 0.6 is 0 Å². The molecule has 0 radical (unpaired) electrons. The zero-order chi connectivity index (χ0) is 22.1.